The fraction of sp³-hybridized carbons (Fsp3) is 0.250. The summed E-state index contributed by atoms with van der Waals surface area (Å²) in [4.78, 5) is 34.2. The number of halogens is 3. The summed E-state index contributed by atoms with van der Waals surface area (Å²) in [6, 6.07) is 13.0. The van der Waals surface area contributed by atoms with Crippen molar-refractivity contribution in [2.24, 2.45) is 0 Å². The van der Waals surface area contributed by atoms with Crippen LogP contribution in [0, 0.1) is 5.82 Å². The number of ether oxygens (including phenoxy) is 1. The van der Waals surface area contributed by atoms with Crippen LogP contribution in [0.25, 0.3) is 11.0 Å². The lowest BCUT2D eigenvalue weighted by Gasteiger charge is -2.13. The highest BCUT2D eigenvalue weighted by Gasteiger charge is 2.28. The van der Waals surface area contributed by atoms with E-state index in [1.807, 2.05) is 0 Å². The number of rotatable bonds is 10. The number of benzene rings is 2. The van der Waals surface area contributed by atoms with Crippen LogP contribution < -0.4 is 9.57 Å². The number of nitrogens with zero attached hydrogens (tertiary/aromatic N) is 3. The van der Waals surface area contributed by atoms with Gasteiger partial charge in [-0.05, 0) is 61.0 Å². The highest BCUT2D eigenvalue weighted by Crippen LogP contribution is 2.31. The number of carbonyl (C=O) groups excluding carboxylic acids is 1. The standard InChI is InChI=1S/C28H26F3N3O5/c1-16(27(36)37)38-23-13-17(5-11-22(23)29)14-34-15-21(20-10-12-24(28(2,30)31)32-26(20)34)25(35)18-6-8-19(9-7-18)39-33(3)4/h5-13,15-16H,14H2,1-4H3,(H,36,37). The molecule has 204 valence electrons. The van der Waals surface area contributed by atoms with Crippen molar-refractivity contribution in [2.75, 3.05) is 14.1 Å². The van der Waals surface area contributed by atoms with Crippen molar-refractivity contribution >= 4 is 22.8 Å². The monoisotopic (exact) mass is 541 g/mol. The number of ketones is 1. The van der Waals surface area contributed by atoms with Gasteiger partial charge in [0.15, 0.2) is 23.5 Å². The molecule has 4 rings (SSSR count). The molecule has 11 heteroatoms. The van der Waals surface area contributed by atoms with Crippen molar-refractivity contribution < 1.29 is 37.4 Å². The minimum Gasteiger partial charge on any atom is -0.479 e. The predicted molar refractivity (Wildman–Crippen MR) is 137 cm³/mol. The number of aliphatic carboxylic acids is 1. The topological polar surface area (TPSA) is 93.9 Å². The van der Waals surface area contributed by atoms with Gasteiger partial charge in [-0.1, -0.05) is 6.07 Å². The molecule has 0 bridgehead atoms. The molecule has 2 heterocycles. The predicted octanol–water partition coefficient (Wildman–Crippen LogP) is 5.27. The number of carbonyl (C=O) groups is 2. The van der Waals surface area contributed by atoms with E-state index >= 15 is 0 Å². The quantitative estimate of drug-likeness (QED) is 0.216. The Hall–Kier alpha value is -4.38. The van der Waals surface area contributed by atoms with Gasteiger partial charge in [-0.3, -0.25) is 4.79 Å². The second kappa shape index (κ2) is 10.8. The number of hydrogen-bond donors (Lipinski definition) is 1. The van der Waals surface area contributed by atoms with E-state index in [9.17, 15) is 22.8 Å². The first kappa shape index (κ1) is 27.6. The van der Waals surface area contributed by atoms with Gasteiger partial charge in [-0.2, -0.15) is 13.8 Å². The maximum atomic E-state index is 14.3. The summed E-state index contributed by atoms with van der Waals surface area (Å²) >= 11 is 0. The average molecular weight is 542 g/mol. The number of aromatic nitrogens is 2. The van der Waals surface area contributed by atoms with E-state index in [1.165, 1.54) is 47.0 Å². The first-order valence-electron chi connectivity index (χ1n) is 11.9. The molecule has 0 aliphatic carbocycles. The van der Waals surface area contributed by atoms with Gasteiger partial charge in [0, 0.05) is 50.3 Å². The Kier molecular flexibility index (Phi) is 7.64. The molecule has 0 amide bonds. The van der Waals surface area contributed by atoms with Crippen LogP contribution >= 0.6 is 0 Å². The van der Waals surface area contributed by atoms with E-state index in [2.05, 4.69) is 4.98 Å². The van der Waals surface area contributed by atoms with Gasteiger partial charge < -0.3 is 19.2 Å². The van der Waals surface area contributed by atoms with Crippen LogP contribution in [0.3, 0.4) is 0 Å². The maximum absolute atomic E-state index is 14.3. The van der Waals surface area contributed by atoms with Crippen molar-refractivity contribution in [2.45, 2.75) is 32.4 Å². The Labute approximate surface area is 222 Å². The van der Waals surface area contributed by atoms with Gasteiger partial charge >= 0.3 is 5.97 Å². The maximum Gasteiger partial charge on any atom is 0.344 e. The number of fused-ring (bicyclic) bond motifs is 1. The van der Waals surface area contributed by atoms with Gasteiger partial charge in [0.1, 0.15) is 17.1 Å². The summed E-state index contributed by atoms with van der Waals surface area (Å²) in [7, 11) is 3.44. The molecular weight excluding hydrogens is 515 g/mol. The molecule has 0 saturated heterocycles. The third-order valence-electron chi connectivity index (χ3n) is 5.82. The van der Waals surface area contributed by atoms with E-state index in [0.717, 1.165) is 13.0 Å². The molecule has 0 saturated carbocycles. The lowest BCUT2D eigenvalue weighted by molar-refractivity contribution is -0.144. The Morgan fingerprint density at radius 1 is 1.10 bits per heavy atom. The van der Waals surface area contributed by atoms with Crippen LogP contribution in [0.15, 0.2) is 60.8 Å². The molecule has 0 aliphatic rings. The second-order valence-electron chi connectivity index (χ2n) is 9.25. The van der Waals surface area contributed by atoms with Crippen LogP contribution in [0.5, 0.6) is 11.5 Å². The summed E-state index contributed by atoms with van der Waals surface area (Å²) in [5, 5.41) is 11.0. The smallest absolute Gasteiger partial charge is 0.344 e. The molecule has 2 aromatic heterocycles. The lowest BCUT2D eigenvalue weighted by Crippen LogP contribution is -2.23. The largest absolute Gasteiger partial charge is 0.479 e. The summed E-state index contributed by atoms with van der Waals surface area (Å²) in [5.74, 6) is -5.34. The molecule has 0 fully saturated rings. The van der Waals surface area contributed by atoms with Crippen LogP contribution in [-0.2, 0) is 17.3 Å². The minimum absolute atomic E-state index is 0.0171. The van der Waals surface area contributed by atoms with Crippen molar-refractivity contribution in [1.82, 2.24) is 14.6 Å². The fourth-order valence-corrected chi connectivity index (χ4v) is 3.92. The summed E-state index contributed by atoms with van der Waals surface area (Å²) in [6.07, 6.45) is 0.211. The lowest BCUT2D eigenvalue weighted by atomic mass is 10.0. The van der Waals surface area contributed by atoms with Gasteiger partial charge in [0.2, 0.25) is 0 Å². The molecule has 0 radical (unpaired) electrons. The second-order valence-corrected chi connectivity index (χ2v) is 9.25. The van der Waals surface area contributed by atoms with Crippen molar-refractivity contribution in [3.05, 3.63) is 89.0 Å². The summed E-state index contributed by atoms with van der Waals surface area (Å²) < 4.78 is 49.3. The van der Waals surface area contributed by atoms with Crippen LogP contribution in [0.2, 0.25) is 0 Å². The molecular formula is C28H26F3N3O5. The average Bonchev–Trinajstić information content (AvgIpc) is 3.22. The van der Waals surface area contributed by atoms with Gasteiger partial charge in [-0.25, -0.2) is 14.2 Å². The van der Waals surface area contributed by atoms with Crippen molar-refractivity contribution in [1.29, 1.82) is 0 Å². The Morgan fingerprint density at radius 2 is 1.79 bits per heavy atom. The van der Waals surface area contributed by atoms with Gasteiger partial charge in [0.25, 0.3) is 5.92 Å². The Morgan fingerprint density at radius 3 is 2.41 bits per heavy atom. The molecule has 39 heavy (non-hydrogen) atoms. The number of hydroxylamine groups is 2. The number of hydrogen-bond acceptors (Lipinski definition) is 6. The number of alkyl halides is 2. The number of carboxylic acids is 1. The normalized spacial score (nSPS) is 12.5. The first-order chi connectivity index (χ1) is 18.3. The molecule has 1 atom stereocenters. The zero-order valence-corrected chi connectivity index (χ0v) is 21.6. The Bertz CT molecular complexity index is 1530. The zero-order chi connectivity index (χ0) is 28.5. The molecule has 4 aromatic rings. The van der Waals surface area contributed by atoms with Crippen LogP contribution in [0.1, 0.15) is 41.0 Å². The number of pyridine rings is 1. The first-order valence-corrected chi connectivity index (χ1v) is 11.9. The van der Waals surface area contributed by atoms with E-state index in [0.29, 0.717) is 22.3 Å². The molecule has 2 aromatic carbocycles. The van der Waals surface area contributed by atoms with Gasteiger partial charge in [-0.15, -0.1) is 0 Å². The molecule has 8 nitrogen and oxygen atoms in total. The van der Waals surface area contributed by atoms with Crippen LogP contribution in [0.4, 0.5) is 13.2 Å². The molecule has 1 unspecified atom stereocenters. The van der Waals surface area contributed by atoms with Crippen LogP contribution in [-0.4, -0.2) is 51.7 Å². The van der Waals surface area contributed by atoms with Gasteiger partial charge in [0.05, 0.1) is 0 Å². The minimum atomic E-state index is -3.22. The zero-order valence-electron chi connectivity index (χ0n) is 21.6. The molecule has 0 spiro atoms. The summed E-state index contributed by atoms with van der Waals surface area (Å²) in [5.41, 5.74) is 0.723. The van der Waals surface area contributed by atoms with E-state index in [1.54, 1.807) is 38.4 Å². The van der Waals surface area contributed by atoms with Crippen molar-refractivity contribution in [3.8, 4) is 11.5 Å². The third-order valence-corrected chi connectivity index (χ3v) is 5.82. The molecule has 1 N–H and O–H groups in total. The number of carboxylic acid groups (broad SMARTS) is 1. The van der Waals surface area contributed by atoms with E-state index in [-0.39, 0.29) is 29.3 Å². The van der Waals surface area contributed by atoms with E-state index < -0.39 is 29.5 Å². The third kappa shape index (κ3) is 6.20. The Balaban J connectivity index is 1.75. The summed E-state index contributed by atoms with van der Waals surface area (Å²) in [6.45, 7) is 2.01. The highest BCUT2D eigenvalue weighted by atomic mass is 19.3. The highest BCUT2D eigenvalue weighted by molar-refractivity contribution is 6.16. The van der Waals surface area contributed by atoms with Crippen molar-refractivity contribution in [3.63, 3.8) is 0 Å². The SMILES string of the molecule is CC(Oc1cc(Cn2cc(C(=O)c3ccc(ON(C)C)cc3)c3ccc(C(C)(F)F)nc32)ccc1F)C(=O)O. The molecule has 0 aliphatic heterocycles. The fourth-order valence-electron chi connectivity index (χ4n) is 3.92. The van der Waals surface area contributed by atoms with E-state index in [4.69, 9.17) is 14.7 Å².